The highest BCUT2D eigenvalue weighted by molar-refractivity contribution is 6.35. The smallest absolute Gasteiger partial charge is 0.142 e. The van der Waals surface area contributed by atoms with Crippen LogP contribution < -0.4 is 10.1 Å². The Kier molecular flexibility index (Phi) is 7.38. The van der Waals surface area contributed by atoms with Crippen molar-refractivity contribution in [1.29, 1.82) is 0 Å². The molecule has 0 spiro atoms. The first-order valence-electron chi connectivity index (χ1n) is 5.69. The quantitative estimate of drug-likeness (QED) is 0.870. The van der Waals surface area contributed by atoms with Gasteiger partial charge in [-0.25, -0.2) is 0 Å². The molecule has 0 radical (unpaired) electrons. The van der Waals surface area contributed by atoms with E-state index in [1.54, 1.807) is 6.07 Å². The molecule has 18 heavy (non-hydrogen) atoms. The van der Waals surface area contributed by atoms with Gasteiger partial charge in [-0.2, -0.15) is 0 Å². The molecule has 2 nitrogen and oxygen atoms in total. The van der Waals surface area contributed by atoms with E-state index >= 15 is 0 Å². The van der Waals surface area contributed by atoms with Gasteiger partial charge >= 0.3 is 0 Å². The second-order valence-corrected chi connectivity index (χ2v) is 5.76. The van der Waals surface area contributed by atoms with Gasteiger partial charge in [-0.05, 0) is 39.8 Å². The Hall–Kier alpha value is -0.150. The maximum absolute atomic E-state index is 6.13. The zero-order valence-electron chi connectivity index (χ0n) is 11.1. The van der Waals surface area contributed by atoms with Crippen molar-refractivity contribution in [3.05, 3.63) is 27.7 Å². The fourth-order valence-corrected chi connectivity index (χ4v) is 2.00. The van der Waals surface area contributed by atoms with E-state index in [9.17, 15) is 0 Å². The van der Waals surface area contributed by atoms with Crippen molar-refractivity contribution in [3.8, 4) is 5.75 Å². The van der Waals surface area contributed by atoms with Crippen LogP contribution in [0.15, 0.2) is 12.1 Å². The lowest BCUT2D eigenvalue weighted by Crippen LogP contribution is -2.35. The van der Waals surface area contributed by atoms with E-state index in [0.717, 1.165) is 11.3 Å². The number of nitrogens with one attached hydrogen (secondary N) is 1. The van der Waals surface area contributed by atoms with Crippen LogP contribution in [0.5, 0.6) is 5.75 Å². The zero-order valence-corrected chi connectivity index (χ0v) is 13.5. The standard InChI is InChI=1S/C13H19Cl2NO.ClH/c1-5-17-12-9(8-16-13(2,3)4)6-10(14)7-11(12)15;/h6-7,16H,5,8H2,1-4H3;1H. The Bertz CT molecular complexity index is 389. The van der Waals surface area contributed by atoms with Crippen LogP contribution in [0.1, 0.15) is 33.3 Å². The lowest BCUT2D eigenvalue weighted by Gasteiger charge is -2.22. The van der Waals surface area contributed by atoms with E-state index in [-0.39, 0.29) is 17.9 Å². The van der Waals surface area contributed by atoms with Crippen molar-refractivity contribution < 1.29 is 4.74 Å². The van der Waals surface area contributed by atoms with E-state index in [2.05, 4.69) is 26.1 Å². The summed E-state index contributed by atoms with van der Waals surface area (Å²) in [4.78, 5) is 0. The highest BCUT2D eigenvalue weighted by atomic mass is 35.5. The number of hydrogen-bond donors (Lipinski definition) is 1. The molecule has 1 aromatic carbocycles. The Labute approximate surface area is 125 Å². The van der Waals surface area contributed by atoms with Crippen LogP contribution in [0.2, 0.25) is 10.0 Å². The summed E-state index contributed by atoms with van der Waals surface area (Å²) in [6.07, 6.45) is 0. The Morgan fingerprint density at radius 3 is 2.33 bits per heavy atom. The Morgan fingerprint density at radius 1 is 1.22 bits per heavy atom. The number of benzene rings is 1. The summed E-state index contributed by atoms with van der Waals surface area (Å²) < 4.78 is 5.56. The minimum atomic E-state index is 0. The molecule has 0 amide bonds. The van der Waals surface area contributed by atoms with Gasteiger partial charge in [0.25, 0.3) is 0 Å². The normalized spacial score (nSPS) is 11.0. The molecule has 0 unspecified atom stereocenters. The van der Waals surface area contributed by atoms with Crippen molar-refractivity contribution >= 4 is 35.6 Å². The first-order chi connectivity index (χ1) is 7.83. The molecule has 0 saturated carbocycles. The second-order valence-electron chi connectivity index (χ2n) is 4.91. The van der Waals surface area contributed by atoms with Gasteiger partial charge < -0.3 is 10.1 Å². The Balaban J connectivity index is 0.00000289. The lowest BCUT2D eigenvalue weighted by molar-refractivity contribution is 0.332. The molecular weight excluding hydrogens is 293 g/mol. The molecule has 1 rings (SSSR count). The molecule has 0 aliphatic carbocycles. The van der Waals surface area contributed by atoms with Crippen molar-refractivity contribution in [1.82, 2.24) is 5.32 Å². The third kappa shape index (κ3) is 5.66. The predicted octanol–water partition coefficient (Wildman–Crippen LogP) is 4.70. The number of hydrogen-bond acceptors (Lipinski definition) is 2. The van der Waals surface area contributed by atoms with Gasteiger partial charge in [-0.15, -0.1) is 12.4 Å². The molecule has 0 aliphatic rings. The molecule has 0 fully saturated rings. The van der Waals surface area contributed by atoms with Crippen LogP contribution in [-0.4, -0.2) is 12.1 Å². The van der Waals surface area contributed by atoms with Crippen LogP contribution >= 0.6 is 35.6 Å². The third-order valence-electron chi connectivity index (χ3n) is 2.18. The highest BCUT2D eigenvalue weighted by Crippen LogP contribution is 2.32. The van der Waals surface area contributed by atoms with E-state index < -0.39 is 0 Å². The molecule has 0 saturated heterocycles. The summed E-state index contributed by atoms with van der Waals surface area (Å²) in [5.74, 6) is 0.718. The van der Waals surface area contributed by atoms with Crippen molar-refractivity contribution in [2.75, 3.05) is 6.61 Å². The summed E-state index contributed by atoms with van der Waals surface area (Å²) >= 11 is 12.1. The Morgan fingerprint density at radius 2 is 1.83 bits per heavy atom. The van der Waals surface area contributed by atoms with E-state index in [4.69, 9.17) is 27.9 Å². The number of halogens is 3. The van der Waals surface area contributed by atoms with Gasteiger partial charge in [0.05, 0.1) is 11.6 Å². The maximum atomic E-state index is 6.13. The molecule has 1 N–H and O–H groups in total. The maximum Gasteiger partial charge on any atom is 0.142 e. The zero-order chi connectivity index (χ0) is 13.1. The first-order valence-corrected chi connectivity index (χ1v) is 6.45. The van der Waals surface area contributed by atoms with Gasteiger partial charge in [0.15, 0.2) is 0 Å². The van der Waals surface area contributed by atoms with E-state index in [1.165, 1.54) is 0 Å². The number of ether oxygens (including phenoxy) is 1. The van der Waals surface area contributed by atoms with Crippen molar-refractivity contribution in [2.24, 2.45) is 0 Å². The SMILES string of the molecule is CCOc1c(Cl)cc(Cl)cc1CNC(C)(C)C.Cl. The lowest BCUT2D eigenvalue weighted by atomic mass is 10.1. The molecule has 104 valence electrons. The van der Waals surface area contributed by atoms with Gasteiger partial charge in [0.2, 0.25) is 0 Å². The summed E-state index contributed by atoms with van der Waals surface area (Å²) in [6.45, 7) is 9.54. The van der Waals surface area contributed by atoms with Crippen LogP contribution in [0.25, 0.3) is 0 Å². The predicted molar refractivity (Wildman–Crippen MR) is 81.5 cm³/mol. The summed E-state index contributed by atoms with van der Waals surface area (Å²) in [5, 5.41) is 4.58. The average molecular weight is 313 g/mol. The highest BCUT2D eigenvalue weighted by Gasteiger charge is 2.14. The van der Waals surface area contributed by atoms with Crippen LogP contribution in [0.4, 0.5) is 0 Å². The summed E-state index contributed by atoms with van der Waals surface area (Å²) in [5.41, 5.74) is 1.03. The molecule has 1 aromatic rings. The second kappa shape index (κ2) is 7.44. The van der Waals surface area contributed by atoms with E-state index in [1.807, 2.05) is 13.0 Å². The van der Waals surface area contributed by atoms with Crippen LogP contribution in [-0.2, 0) is 6.54 Å². The molecular formula is C13H20Cl3NO. The molecule has 0 heterocycles. The van der Waals surface area contributed by atoms with Gasteiger partial charge in [0, 0.05) is 22.7 Å². The van der Waals surface area contributed by atoms with Gasteiger partial charge in [-0.3, -0.25) is 0 Å². The van der Waals surface area contributed by atoms with E-state index in [0.29, 0.717) is 23.2 Å². The molecule has 0 aromatic heterocycles. The molecule has 0 aliphatic heterocycles. The third-order valence-corrected chi connectivity index (χ3v) is 2.68. The topological polar surface area (TPSA) is 21.3 Å². The molecule has 0 bridgehead atoms. The van der Waals surface area contributed by atoms with Gasteiger partial charge in [0.1, 0.15) is 5.75 Å². The average Bonchev–Trinajstić information content (AvgIpc) is 2.18. The molecule has 5 heteroatoms. The summed E-state index contributed by atoms with van der Waals surface area (Å²) in [7, 11) is 0. The fourth-order valence-electron chi connectivity index (χ4n) is 1.41. The first kappa shape index (κ1) is 17.8. The van der Waals surface area contributed by atoms with Gasteiger partial charge in [-0.1, -0.05) is 23.2 Å². The minimum absolute atomic E-state index is 0. The van der Waals surface area contributed by atoms with Crippen LogP contribution in [0.3, 0.4) is 0 Å². The minimum Gasteiger partial charge on any atom is -0.492 e. The number of rotatable bonds is 4. The monoisotopic (exact) mass is 311 g/mol. The van der Waals surface area contributed by atoms with Crippen molar-refractivity contribution in [3.63, 3.8) is 0 Å². The van der Waals surface area contributed by atoms with Crippen molar-refractivity contribution in [2.45, 2.75) is 39.8 Å². The summed E-state index contributed by atoms with van der Waals surface area (Å²) in [6, 6.07) is 3.59. The van der Waals surface area contributed by atoms with Crippen LogP contribution in [0, 0.1) is 0 Å². The molecule has 0 atom stereocenters. The largest absolute Gasteiger partial charge is 0.492 e. The fraction of sp³-hybridized carbons (Fsp3) is 0.538.